The van der Waals surface area contributed by atoms with Crippen molar-refractivity contribution in [1.82, 2.24) is 14.7 Å². The van der Waals surface area contributed by atoms with Crippen LogP contribution in [0.1, 0.15) is 43.5 Å². The number of sulfonamides is 1. The molecule has 1 saturated heterocycles. The second kappa shape index (κ2) is 10.8. The second-order valence-electron chi connectivity index (χ2n) is 10.7. The Bertz CT molecular complexity index is 1490. The van der Waals surface area contributed by atoms with E-state index >= 15 is 0 Å². The molecule has 11 heteroatoms. The molecule has 2 bridgehead atoms. The number of fused-ring (bicyclic) bond motifs is 2. The molecule has 2 fully saturated rings. The summed E-state index contributed by atoms with van der Waals surface area (Å²) in [6.45, 7) is 5.87. The van der Waals surface area contributed by atoms with Crippen LogP contribution >= 0.6 is 0 Å². The molecule has 2 aromatic heterocycles. The Morgan fingerprint density at radius 2 is 1.87 bits per heavy atom. The summed E-state index contributed by atoms with van der Waals surface area (Å²) < 4.78 is 48.2. The van der Waals surface area contributed by atoms with Crippen molar-refractivity contribution in [2.24, 2.45) is 17.8 Å². The molecule has 0 radical (unpaired) electrons. The minimum atomic E-state index is -4.28. The fourth-order valence-electron chi connectivity index (χ4n) is 5.28. The number of carbonyl (C=O) groups excluding carboxylic acids is 1. The number of anilines is 2. The number of benzene rings is 1. The van der Waals surface area contributed by atoms with E-state index in [1.165, 1.54) is 36.4 Å². The van der Waals surface area contributed by atoms with Gasteiger partial charge in [-0.2, -0.15) is 8.42 Å². The number of hydrogen-bond donors (Lipinski definition) is 2. The van der Waals surface area contributed by atoms with Gasteiger partial charge in [0.15, 0.2) is 5.03 Å². The largest absolute Gasteiger partial charge is 0.493 e. The van der Waals surface area contributed by atoms with E-state index in [0.717, 1.165) is 19.3 Å². The van der Waals surface area contributed by atoms with Crippen LogP contribution in [0.25, 0.3) is 11.3 Å². The molecule has 1 aromatic carbocycles. The molecule has 2 aliphatic rings. The van der Waals surface area contributed by atoms with Crippen LogP contribution in [0.15, 0.2) is 53.6 Å². The molecule has 3 N–H and O–H groups in total. The molecular weight excluding hydrogens is 521 g/mol. The lowest BCUT2D eigenvalue weighted by Gasteiger charge is -2.34. The van der Waals surface area contributed by atoms with Crippen molar-refractivity contribution in [3.8, 4) is 17.0 Å². The van der Waals surface area contributed by atoms with Crippen LogP contribution in [-0.4, -0.2) is 44.0 Å². The van der Waals surface area contributed by atoms with Crippen molar-refractivity contribution < 1.29 is 22.3 Å². The molecule has 1 aliphatic carbocycles. The molecule has 39 heavy (non-hydrogen) atoms. The van der Waals surface area contributed by atoms with E-state index in [9.17, 15) is 17.6 Å². The van der Waals surface area contributed by atoms with Crippen LogP contribution < -0.4 is 20.1 Å². The van der Waals surface area contributed by atoms with Gasteiger partial charge in [0.05, 0.1) is 17.9 Å². The predicted molar refractivity (Wildman–Crippen MR) is 146 cm³/mol. The Hall–Kier alpha value is -3.73. The van der Waals surface area contributed by atoms with Crippen molar-refractivity contribution in [3.05, 3.63) is 59.9 Å². The highest BCUT2D eigenvalue weighted by atomic mass is 32.2. The molecule has 1 saturated carbocycles. The Labute approximate surface area is 227 Å². The van der Waals surface area contributed by atoms with E-state index in [2.05, 4.69) is 9.71 Å². The van der Waals surface area contributed by atoms with Gasteiger partial charge in [0.25, 0.3) is 15.9 Å². The Morgan fingerprint density at radius 3 is 2.56 bits per heavy atom. The summed E-state index contributed by atoms with van der Waals surface area (Å²) in [4.78, 5) is 24.0. The lowest BCUT2D eigenvalue weighted by atomic mass is 9.98. The maximum atomic E-state index is 14.5. The topological polar surface area (TPSA) is 128 Å². The highest BCUT2D eigenvalue weighted by Gasteiger charge is 2.35. The van der Waals surface area contributed by atoms with Gasteiger partial charge in [-0.05, 0) is 73.4 Å². The monoisotopic (exact) mass is 553 g/mol. The Kier molecular flexibility index (Phi) is 7.44. The zero-order valence-electron chi connectivity index (χ0n) is 21.9. The van der Waals surface area contributed by atoms with E-state index in [4.69, 9.17) is 15.5 Å². The molecule has 3 heterocycles. The van der Waals surface area contributed by atoms with Gasteiger partial charge in [-0.25, -0.2) is 19.1 Å². The number of piperidine rings is 1. The van der Waals surface area contributed by atoms with Gasteiger partial charge in [0.2, 0.25) is 0 Å². The van der Waals surface area contributed by atoms with Gasteiger partial charge >= 0.3 is 0 Å². The van der Waals surface area contributed by atoms with Crippen molar-refractivity contribution in [2.75, 3.05) is 30.3 Å². The minimum absolute atomic E-state index is 0.0210. The number of aromatic nitrogens is 2. The van der Waals surface area contributed by atoms with Gasteiger partial charge in [0, 0.05) is 24.7 Å². The Morgan fingerprint density at radius 1 is 1.13 bits per heavy atom. The van der Waals surface area contributed by atoms with E-state index in [0.29, 0.717) is 54.4 Å². The first-order valence-corrected chi connectivity index (χ1v) is 14.5. The van der Waals surface area contributed by atoms with Crippen LogP contribution in [-0.2, 0) is 10.0 Å². The number of nitrogens with two attached hydrogens (primary N) is 1. The molecule has 1 amide bonds. The summed E-state index contributed by atoms with van der Waals surface area (Å²) in [6.07, 6.45) is 3.35. The fraction of sp³-hybridized carbons (Fsp3) is 0.393. The van der Waals surface area contributed by atoms with Crippen molar-refractivity contribution in [2.45, 2.75) is 38.1 Å². The van der Waals surface area contributed by atoms with E-state index in [1.807, 2.05) is 18.7 Å². The summed E-state index contributed by atoms with van der Waals surface area (Å²) in [5.74, 6) is 0.720. The number of halogens is 1. The first-order chi connectivity index (χ1) is 18.6. The van der Waals surface area contributed by atoms with Gasteiger partial charge in [0.1, 0.15) is 23.2 Å². The molecule has 1 aliphatic heterocycles. The van der Waals surface area contributed by atoms with Crippen molar-refractivity contribution >= 4 is 27.6 Å². The number of amides is 1. The van der Waals surface area contributed by atoms with Gasteiger partial charge < -0.3 is 15.4 Å². The predicted octanol–water partition coefficient (Wildman–Crippen LogP) is 4.25. The van der Waals surface area contributed by atoms with Crippen LogP contribution in [0, 0.1) is 23.6 Å². The van der Waals surface area contributed by atoms with Gasteiger partial charge in [-0.1, -0.05) is 19.9 Å². The zero-order valence-corrected chi connectivity index (χ0v) is 22.7. The second-order valence-corrected chi connectivity index (χ2v) is 12.4. The number of nitrogens with one attached hydrogen (secondary N) is 1. The summed E-state index contributed by atoms with van der Waals surface area (Å²) in [7, 11) is -4.28. The minimum Gasteiger partial charge on any atom is -0.493 e. The maximum absolute atomic E-state index is 14.5. The van der Waals surface area contributed by atoms with Crippen LogP contribution in [0.4, 0.5) is 16.0 Å². The zero-order chi connectivity index (χ0) is 27.7. The van der Waals surface area contributed by atoms with Crippen molar-refractivity contribution in [1.29, 1.82) is 0 Å². The average molecular weight is 554 g/mol. The smallest absolute Gasteiger partial charge is 0.281 e. The van der Waals surface area contributed by atoms with Crippen LogP contribution in [0.3, 0.4) is 0 Å². The fourth-order valence-corrected chi connectivity index (χ4v) is 6.22. The number of pyridine rings is 2. The quantitative estimate of drug-likeness (QED) is 0.424. The number of ether oxygens (including phenoxy) is 1. The highest BCUT2D eigenvalue weighted by molar-refractivity contribution is 7.90. The number of nitrogen functional groups attached to an aromatic ring is 1. The summed E-state index contributed by atoms with van der Waals surface area (Å²) in [6, 6.07) is 11.7. The molecular formula is C28H32FN5O4S. The lowest BCUT2D eigenvalue weighted by molar-refractivity contribution is 0.0981. The van der Waals surface area contributed by atoms with Gasteiger partial charge in [-0.15, -0.1) is 0 Å². The van der Waals surface area contributed by atoms with Crippen molar-refractivity contribution in [3.63, 3.8) is 0 Å². The number of hydrogen-bond acceptors (Lipinski definition) is 8. The average Bonchev–Trinajstić information content (AvgIpc) is 3.23. The molecule has 2 atom stereocenters. The highest BCUT2D eigenvalue weighted by Crippen LogP contribution is 2.39. The maximum Gasteiger partial charge on any atom is 0.281 e. The summed E-state index contributed by atoms with van der Waals surface area (Å²) in [5.41, 5.74) is 6.70. The molecule has 0 unspecified atom stereocenters. The Balaban J connectivity index is 1.51. The third-order valence-electron chi connectivity index (χ3n) is 7.02. The third-order valence-corrected chi connectivity index (χ3v) is 8.26. The third kappa shape index (κ3) is 6.13. The first-order valence-electron chi connectivity index (χ1n) is 13.1. The summed E-state index contributed by atoms with van der Waals surface area (Å²) >= 11 is 0. The molecule has 9 nitrogen and oxygen atoms in total. The lowest BCUT2D eigenvalue weighted by Crippen LogP contribution is -2.39. The SMILES string of the molecule is CC(C)COc1cc(F)cc(-c2ccc(C(=O)NS(=O)(=O)c3cccc(N)n3)c(N3C[C@@H]4CC[C@@H](C4)C3)n2)c1. The number of nitrogens with zero attached hydrogens (tertiary/aromatic N) is 3. The normalized spacial score (nSPS) is 18.8. The molecule has 5 rings (SSSR count). The molecule has 206 valence electrons. The van der Waals surface area contributed by atoms with Crippen LogP contribution in [0.5, 0.6) is 5.75 Å². The van der Waals surface area contributed by atoms with Crippen LogP contribution in [0.2, 0.25) is 0 Å². The number of rotatable bonds is 8. The van der Waals surface area contributed by atoms with E-state index in [1.54, 1.807) is 12.1 Å². The molecule has 0 spiro atoms. The summed E-state index contributed by atoms with van der Waals surface area (Å²) in [5, 5.41) is -0.355. The number of carbonyl (C=O) groups is 1. The van der Waals surface area contributed by atoms with Gasteiger partial charge in [-0.3, -0.25) is 4.79 Å². The van der Waals surface area contributed by atoms with E-state index < -0.39 is 21.7 Å². The first kappa shape index (κ1) is 26.9. The molecule has 3 aromatic rings. The van der Waals surface area contributed by atoms with E-state index in [-0.39, 0.29) is 22.3 Å². The standard InChI is InChI=1S/C28H32FN5O4S/c1-17(2)16-38-22-12-20(11-21(29)13-22)24-9-8-23(27(31-24)34-14-18-6-7-19(10-18)15-34)28(35)33-39(36,37)26-5-3-4-25(30)32-26/h3-5,8-9,11-13,17-19H,6-7,10,14-16H2,1-2H3,(H2,30,32)(H,33,35)/t18-,19+.